The van der Waals surface area contributed by atoms with E-state index in [0.717, 1.165) is 12.5 Å². The highest BCUT2D eigenvalue weighted by Crippen LogP contribution is 2.51. The normalized spacial score (nSPS) is 19.9. The summed E-state index contributed by atoms with van der Waals surface area (Å²) in [5.74, 6) is -1.29. The minimum atomic E-state index is -3.06. The maximum absolute atomic E-state index is 13.2. The highest BCUT2D eigenvalue weighted by Gasteiger charge is 2.43. The second-order valence-electron chi connectivity index (χ2n) is 9.20. The van der Waals surface area contributed by atoms with Crippen molar-refractivity contribution >= 4 is 11.4 Å². The number of amides is 1. The summed E-state index contributed by atoms with van der Waals surface area (Å²) in [6.45, 7) is -2.11. The van der Waals surface area contributed by atoms with Gasteiger partial charge in [0.05, 0.1) is 17.3 Å². The largest absolute Gasteiger partial charge is 0.434 e. The molecule has 1 aromatic carbocycles. The summed E-state index contributed by atoms with van der Waals surface area (Å²) in [6.07, 6.45) is 1.75. The fourth-order valence-electron chi connectivity index (χ4n) is 5.10. The second kappa shape index (κ2) is 8.23. The highest BCUT2D eigenvalue weighted by molar-refractivity contribution is 5.98. The molecule has 2 aliphatic rings. The van der Waals surface area contributed by atoms with Crippen LogP contribution in [0.3, 0.4) is 0 Å². The molecule has 3 aromatic heterocycles. The number of ether oxygens (including phenoxy) is 1. The van der Waals surface area contributed by atoms with Gasteiger partial charge in [0.25, 0.3) is 12.3 Å². The Bertz CT molecular complexity index is 1540. The zero-order valence-electron chi connectivity index (χ0n) is 19.2. The van der Waals surface area contributed by atoms with E-state index in [1.807, 2.05) is 6.07 Å². The summed E-state index contributed by atoms with van der Waals surface area (Å²) in [4.78, 5) is 20.7. The van der Waals surface area contributed by atoms with Gasteiger partial charge in [-0.25, -0.2) is 23.3 Å². The third-order valence-corrected chi connectivity index (χ3v) is 6.90. The molecule has 2 bridgehead atoms. The number of aromatic nitrogens is 4. The number of nitrogens with zero attached hydrogens (tertiary/aromatic N) is 4. The van der Waals surface area contributed by atoms with Gasteiger partial charge < -0.3 is 15.2 Å². The molecule has 8 nitrogen and oxygen atoms in total. The summed E-state index contributed by atoms with van der Waals surface area (Å²) in [5.41, 5.74) is 1.41. The first-order chi connectivity index (χ1) is 17.6. The van der Waals surface area contributed by atoms with Crippen LogP contribution in [0.2, 0.25) is 0 Å². The quantitative estimate of drug-likeness (QED) is 0.388. The van der Waals surface area contributed by atoms with Gasteiger partial charge in [-0.05, 0) is 43.2 Å². The maximum atomic E-state index is 13.2. The van der Waals surface area contributed by atoms with Crippen molar-refractivity contribution in [3.8, 4) is 16.9 Å². The lowest BCUT2D eigenvalue weighted by molar-refractivity contribution is -0.0939. The van der Waals surface area contributed by atoms with Gasteiger partial charge in [0.15, 0.2) is 11.4 Å². The van der Waals surface area contributed by atoms with Crippen molar-refractivity contribution in [2.75, 3.05) is 0 Å². The third-order valence-electron chi connectivity index (χ3n) is 6.90. The fourth-order valence-corrected chi connectivity index (χ4v) is 5.10. The molecule has 0 saturated carbocycles. The monoisotopic (exact) mass is 513 g/mol. The molecule has 6 rings (SSSR count). The molecule has 1 aliphatic carbocycles. The Balaban J connectivity index is 1.47. The van der Waals surface area contributed by atoms with E-state index in [4.69, 9.17) is 4.74 Å². The number of alkyl halides is 4. The smallest absolute Gasteiger partial charge is 0.387 e. The summed E-state index contributed by atoms with van der Waals surface area (Å²) >= 11 is 0. The zero-order chi connectivity index (χ0) is 26.1. The molecule has 0 saturated heterocycles. The number of pyridine rings is 1. The van der Waals surface area contributed by atoms with Gasteiger partial charge in [-0.3, -0.25) is 4.79 Å². The van der Waals surface area contributed by atoms with Crippen molar-refractivity contribution in [3.63, 3.8) is 0 Å². The first kappa shape index (κ1) is 23.3. The number of halogens is 4. The molecule has 0 fully saturated rings. The van der Waals surface area contributed by atoms with Gasteiger partial charge in [-0.2, -0.15) is 13.9 Å². The molecule has 37 heavy (non-hydrogen) atoms. The van der Waals surface area contributed by atoms with Crippen LogP contribution in [0.25, 0.3) is 16.6 Å². The van der Waals surface area contributed by atoms with Crippen LogP contribution in [0, 0.1) is 0 Å². The van der Waals surface area contributed by atoms with E-state index in [0.29, 0.717) is 34.3 Å². The van der Waals surface area contributed by atoms with Crippen LogP contribution in [0.15, 0.2) is 48.9 Å². The molecule has 190 valence electrons. The van der Waals surface area contributed by atoms with E-state index >= 15 is 0 Å². The molecule has 2 N–H and O–H groups in total. The van der Waals surface area contributed by atoms with E-state index in [-0.39, 0.29) is 17.2 Å². The average Bonchev–Trinajstić information content (AvgIpc) is 3.35. The molecule has 0 unspecified atom stereocenters. The summed E-state index contributed by atoms with van der Waals surface area (Å²) in [6, 6.07) is 7.63. The number of hydrogen-bond acceptors (Lipinski definition) is 6. The molecular formula is C25H19F4N5O3. The van der Waals surface area contributed by atoms with E-state index in [1.165, 1.54) is 24.5 Å². The molecule has 1 aliphatic heterocycles. The number of hydrogen-bond donors (Lipinski definition) is 2. The number of rotatable bonds is 5. The van der Waals surface area contributed by atoms with Crippen molar-refractivity contribution in [1.29, 1.82) is 0 Å². The van der Waals surface area contributed by atoms with Crippen LogP contribution >= 0.6 is 0 Å². The Morgan fingerprint density at radius 3 is 2.59 bits per heavy atom. The van der Waals surface area contributed by atoms with Crippen molar-refractivity contribution in [3.05, 3.63) is 77.1 Å². The number of carbonyl (C=O) groups excluding carboxylic acids is 1. The SMILES string of the molecule is C[C@@](O)(c1ncc(-c2ccn3nc4c(c3c2)[C@@H]2C[C@H]4NC(=O)c3cccc(OC(F)F)c32)cn1)C(F)F. The number of nitrogens with one attached hydrogen (secondary N) is 1. The minimum absolute atomic E-state index is 0.0632. The Morgan fingerprint density at radius 1 is 1.14 bits per heavy atom. The average molecular weight is 513 g/mol. The van der Waals surface area contributed by atoms with Crippen LogP contribution in [-0.4, -0.2) is 43.6 Å². The van der Waals surface area contributed by atoms with Crippen molar-refractivity contribution < 1.29 is 32.2 Å². The van der Waals surface area contributed by atoms with Crippen LogP contribution in [0.5, 0.6) is 5.75 Å². The highest BCUT2D eigenvalue weighted by atomic mass is 19.3. The van der Waals surface area contributed by atoms with E-state index in [1.54, 1.807) is 22.8 Å². The molecule has 0 spiro atoms. The van der Waals surface area contributed by atoms with E-state index in [9.17, 15) is 27.5 Å². The Hall–Kier alpha value is -4.06. The second-order valence-corrected chi connectivity index (χ2v) is 9.20. The predicted molar refractivity (Wildman–Crippen MR) is 122 cm³/mol. The van der Waals surface area contributed by atoms with Crippen LogP contribution in [0.4, 0.5) is 17.6 Å². The molecule has 3 atom stereocenters. The number of fused-ring (bicyclic) bond motifs is 9. The van der Waals surface area contributed by atoms with Crippen molar-refractivity contribution in [1.82, 2.24) is 24.9 Å². The molecule has 1 amide bonds. The van der Waals surface area contributed by atoms with Crippen molar-refractivity contribution in [2.45, 2.75) is 43.9 Å². The van der Waals surface area contributed by atoms with E-state index in [2.05, 4.69) is 20.4 Å². The van der Waals surface area contributed by atoms with Crippen LogP contribution in [-0.2, 0) is 5.60 Å². The lowest BCUT2D eigenvalue weighted by atomic mass is 9.88. The van der Waals surface area contributed by atoms with Crippen LogP contribution < -0.4 is 10.1 Å². The predicted octanol–water partition coefficient (Wildman–Crippen LogP) is 4.19. The van der Waals surface area contributed by atoms with Gasteiger partial charge in [0.1, 0.15) is 5.75 Å². The van der Waals surface area contributed by atoms with Gasteiger partial charge in [-0.1, -0.05) is 6.07 Å². The maximum Gasteiger partial charge on any atom is 0.387 e. The van der Waals surface area contributed by atoms with Crippen LogP contribution in [0.1, 0.15) is 58.3 Å². The Labute approximate surface area is 206 Å². The minimum Gasteiger partial charge on any atom is -0.434 e. The van der Waals surface area contributed by atoms with Gasteiger partial charge >= 0.3 is 6.61 Å². The van der Waals surface area contributed by atoms with Gasteiger partial charge in [-0.15, -0.1) is 0 Å². The molecule has 12 heteroatoms. The molecule has 4 aromatic rings. The third kappa shape index (κ3) is 3.62. The topological polar surface area (TPSA) is 102 Å². The number of benzene rings is 1. The lowest BCUT2D eigenvalue weighted by Crippen LogP contribution is -2.32. The molecule has 4 heterocycles. The fraction of sp³-hybridized carbons (Fsp3) is 0.280. The Kier molecular flexibility index (Phi) is 5.19. The molecule has 0 radical (unpaired) electrons. The standard InChI is InChI=1S/C25H19F4N5O3/c1-25(36,22(26)27)23-30-9-12(10-31-23)11-5-6-34-16(7-11)19-14-8-15(20(19)33-34)32-21(35)13-3-2-4-17(18(13)14)37-24(28)29/h2-7,9-10,14-15,22,24,36H,8H2,1H3,(H,32,35)/t14-,15-,25+/m1/s1. The number of aliphatic hydroxyl groups is 1. The van der Waals surface area contributed by atoms with E-state index < -0.39 is 36.4 Å². The lowest BCUT2D eigenvalue weighted by Gasteiger charge is -2.20. The van der Waals surface area contributed by atoms with Crippen molar-refractivity contribution in [2.24, 2.45) is 0 Å². The van der Waals surface area contributed by atoms with Gasteiger partial charge in [0, 0.05) is 46.8 Å². The first-order valence-electron chi connectivity index (χ1n) is 11.4. The summed E-state index contributed by atoms with van der Waals surface area (Å²) < 4.78 is 59.1. The summed E-state index contributed by atoms with van der Waals surface area (Å²) in [7, 11) is 0. The Morgan fingerprint density at radius 2 is 1.89 bits per heavy atom. The first-order valence-corrected chi connectivity index (χ1v) is 11.4. The molecular weight excluding hydrogens is 494 g/mol. The summed E-state index contributed by atoms with van der Waals surface area (Å²) in [5, 5.41) is 17.5. The zero-order valence-corrected chi connectivity index (χ0v) is 19.2. The number of carbonyl (C=O) groups is 1. The van der Waals surface area contributed by atoms with Gasteiger partial charge in [0.2, 0.25) is 0 Å².